The zero-order valence-electron chi connectivity index (χ0n) is 18.6. The van der Waals surface area contributed by atoms with Crippen LogP contribution in [-0.4, -0.2) is 41.0 Å². The van der Waals surface area contributed by atoms with Crippen molar-refractivity contribution < 1.29 is 32.2 Å². The minimum atomic E-state index is -4.77. The van der Waals surface area contributed by atoms with Crippen LogP contribution in [-0.2, 0) is 11.0 Å². The van der Waals surface area contributed by atoms with Gasteiger partial charge in [0.05, 0.1) is 18.4 Å². The van der Waals surface area contributed by atoms with Gasteiger partial charge in [-0.25, -0.2) is 4.68 Å². The van der Waals surface area contributed by atoms with Crippen molar-refractivity contribution in [1.82, 2.24) is 14.8 Å². The van der Waals surface area contributed by atoms with Gasteiger partial charge in [-0.3, -0.25) is 4.79 Å². The molecule has 2 aliphatic rings. The average molecular weight is 487 g/mol. The van der Waals surface area contributed by atoms with E-state index in [1.54, 1.807) is 49.4 Å². The lowest BCUT2D eigenvalue weighted by atomic mass is 9.94. The van der Waals surface area contributed by atoms with E-state index in [4.69, 9.17) is 14.2 Å². The highest BCUT2D eigenvalue weighted by atomic mass is 19.4. The van der Waals surface area contributed by atoms with E-state index in [1.165, 1.54) is 7.11 Å². The highest BCUT2D eigenvalue weighted by Crippen LogP contribution is 2.41. The molecule has 0 saturated heterocycles. The molecule has 2 aromatic carbocycles. The van der Waals surface area contributed by atoms with Crippen molar-refractivity contribution in [3.8, 4) is 17.2 Å². The molecule has 2 N–H and O–H groups in total. The summed E-state index contributed by atoms with van der Waals surface area (Å²) in [5.74, 6) is -0.643. The summed E-state index contributed by atoms with van der Waals surface area (Å²) >= 11 is 0. The number of methoxy groups -OCH3 is 1. The molecule has 0 aliphatic carbocycles. The summed E-state index contributed by atoms with van der Waals surface area (Å²) in [6.45, 7) is 2.30. The molecule has 0 spiro atoms. The van der Waals surface area contributed by atoms with Crippen LogP contribution in [0.25, 0.3) is 0 Å². The van der Waals surface area contributed by atoms with Gasteiger partial charge < -0.3 is 24.8 Å². The van der Waals surface area contributed by atoms with Gasteiger partial charge in [0, 0.05) is 5.70 Å². The zero-order valence-corrected chi connectivity index (χ0v) is 18.6. The number of nitrogens with one attached hydrogen (secondary N) is 2. The number of aromatic nitrogens is 3. The van der Waals surface area contributed by atoms with E-state index in [2.05, 4.69) is 20.7 Å². The van der Waals surface area contributed by atoms with Crippen molar-refractivity contribution in [2.45, 2.75) is 19.1 Å². The van der Waals surface area contributed by atoms with Gasteiger partial charge in [-0.1, -0.05) is 18.2 Å². The minimum absolute atomic E-state index is 0.136. The fourth-order valence-corrected chi connectivity index (χ4v) is 4.04. The summed E-state index contributed by atoms with van der Waals surface area (Å²) in [5, 5.41) is 9.28. The van der Waals surface area contributed by atoms with Gasteiger partial charge in [-0.05, 0) is 36.8 Å². The van der Waals surface area contributed by atoms with Gasteiger partial charge in [0.15, 0.2) is 11.5 Å². The molecule has 3 heterocycles. The smallest absolute Gasteiger partial charge is 0.453 e. The quantitative estimate of drug-likeness (QED) is 0.574. The molecule has 0 fully saturated rings. The van der Waals surface area contributed by atoms with E-state index < -0.39 is 23.9 Å². The Morgan fingerprint density at radius 3 is 2.66 bits per heavy atom. The van der Waals surface area contributed by atoms with E-state index in [9.17, 15) is 18.0 Å². The van der Waals surface area contributed by atoms with Crippen LogP contribution in [0.1, 0.15) is 24.4 Å². The first-order chi connectivity index (χ1) is 16.8. The maximum Gasteiger partial charge on any atom is 0.453 e. The maximum atomic E-state index is 13.5. The maximum absolute atomic E-state index is 13.5. The Labute approximate surface area is 197 Å². The van der Waals surface area contributed by atoms with Gasteiger partial charge in [0.25, 0.3) is 11.7 Å². The molecule has 1 amide bonds. The number of ether oxygens (including phenoxy) is 3. The van der Waals surface area contributed by atoms with Gasteiger partial charge in [0.2, 0.25) is 5.95 Å². The van der Waals surface area contributed by atoms with Crippen LogP contribution in [0.5, 0.6) is 17.2 Å². The number of allylic oxidation sites excluding steroid dienone is 1. The highest BCUT2D eigenvalue weighted by molar-refractivity contribution is 6.06. The van der Waals surface area contributed by atoms with Crippen LogP contribution in [0.3, 0.4) is 0 Å². The molecule has 1 aromatic heterocycles. The molecular formula is C23H20F3N5O4. The topological polar surface area (TPSA) is 99.5 Å². The Balaban J connectivity index is 1.61. The molecule has 182 valence electrons. The lowest BCUT2D eigenvalue weighted by Gasteiger charge is -2.29. The molecule has 2 aliphatic heterocycles. The summed E-state index contributed by atoms with van der Waals surface area (Å²) in [6.07, 6.45) is -4.77. The number of hydrogen-bond donors (Lipinski definition) is 2. The second-order valence-electron chi connectivity index (χ2n) is 7.83. The van der Waals surface area contributed by atoms with Crippen LogP contribution >= 0.6 is 0 Å². The van der Waals surface area contributed by atoms with Gasteiger partial charge in [-0.15, -0.1) is 5.10 Å². The Kier molecular flexibility index (Phi) is 5.50. The summed E-state index contributed by atoms with van der Waals surface area (Å²) in [4.78, 5) is 17.1. The van der Waals surface area contributed by atoms with E-state index in [1.807, 2.05) is 0 Å². The number of hydrogen-bond acceptors (Lipinski definition) is 7. The number of anilines is 2. The third-order valence-corrected chi connectivity index (χ3v) is 5.59. The first-order valence-electron chi connectivity index (χ1n) is 10.6. The molecule has 9 nitrogen and oxygen atoms in total. The summed E-state index contributed by atoms with van der Waals surface area (Å²) in [5.41, 5.74) is 1.35. The molecular weight excluding hydrogens is 467 g/mol. The number of fused-ring (bicyclic) bond motifs is 2. The first-order valence-corrected chi connectivity index (χ1v) is 10.6. The predicted molar refractivity (Wildman–Crippen MR) is 119 cm³/mol. The molecule has 1 unspecified atom stereocenters. The molecule has 3 aromatic rings. The van der Waals surface area contributed by atoms with Crippen molar-refractivity contribution in [3.63, 3.8) is 0 Å². The predicted octanol–water partition coefficient (Wildman–Crippen LogP) is 4.00. The Morgan fingerprint density at radius 1 is 1.17 bits per heavy atom. The summed E-state index contributed by atoms with van der Waals surface area (Å²) in [6, 6.07) is 10.7. The van der Waals surface area contributed by atoms with Gasteiger partial charge >= 0.3 is 6.18 Å². The number of alkyl halides is 3. The van der Waals surface area contributed by atoms with Gasteiger partial charge in [0.1, 0.15) is 25.0 Å². The number of nitrogens with zero attached hydrogens (tertiary/aromatic N) is 3. The summed E-state index contributed by atoms with van der Waals surface area (Å²) < 4.78 is 57.9. The zero-order chi connectivity index (χ0) is 24.7. The Bertz CT molecular complexity index is 1330. The number of para-hydroxylation sites is 2. The standard InChI is InChI=1S/C23H20F3N5O4/c1-12-18(20(32)28-14-5-3-4-6-15(14)33-2)19(13-7-8-16-17(11-13)35-10-9-34-16)31-22(27-12)29-21(30-31)23(24,25)26/h3-8,11,19H,9-10H2,1-2H3,(H,28,32)(H,27,29,30). The summed E-state index contributed by atoms with van der Waals surface area (Å²) in [7, 11) is 1.47. The van der Waals surface area contributed by atoms with Crippen LogP contribution in [0, 0.1) is 0 Å². The molecule has 0 radical (unpaired) electrons. The minimum Gasteiger partial charge on any atom is -0.495 e. The second-order valence-corrected chi connectivity index (χ2v) is 7.83. The monoisotopic (exact) mass is 487 g/mol. The average Bonchev–Trinajstić information content (AvgIpc) is 3.27. The number of benzene rings is 2. The molecule has 1 atom stereocenters. The molecule has 5 rings (SSSR count). The van der Waals surface area contributed by atoms with E-state index in [0.717, 1.165) is 4.68 Å². The number of halogens is 3. The number of carbonyl (C=O) groups is 1. The lowest BCUT2D eigenvalue weighted by Crippen LogP contribution is -2.31. The first kappa shape index (κ1) is 22.6. The van der Waals surface area contributed by atoms with E-state index >= 15 is 0 Å². The van der Waals surface area contributed by atoms with E-state index in [-0.39, 0.29) is 11.5 Å². The van der Waals surface area contributed by atoms with Crippen molar-refractivity contribution >= 4 is 17.5 Å². The van der Waals surface area contributed by atoms with Crippen LogP contribution < -0.4 is 24.8 Å². The van der Waals surface area contributed by atoms with Crippen molar-refractivity contribution in [2.75, 3.05) is 31.0 Å². The van der Waals surface area contributed by atoms with E-state index in [0.29, 0.717) is 47.4 Å². The number of rotatable bonds is 4. The SMILES string of the molecule is COc1ccccc1NC(=O)C1=C(C)Nc2nc(C(F)(F)F)nn2C1c1ccc2c(c1)OCCO2. The Morgan fingerprint density at radius 2 is 1.91 bits per heavy atom. The van der Waals surface area contributed by atoms with Crippen LogP contribution in [0.15, 0.2) is 53.7 Å². The number of amides is 1. The third-order valence-electron chi connectivity index (χ3n) is 5.59. The molecule has 35 heavy (non-hydrogen) atoms. The van der Waals surface area contributed by atoms with Crippen molar-refractivity contribution in [1.29, 1.82) is 0 Å². The highest BCUT2D eigenvalue weighted by Gasteiger charge is 2.41. The molecule has 0 bridgehead atoms. The Hall–Kier alpha value is -4.22. The third kappa shape index (κ3) is 4.11. The fourth-order valence-electron chi connectivity index (χ4n) is 4.04. The van der Waals surface area contributed by atoms with Crippen LogP contribution in [0.2, 0.25) is 0 Å². The normalized spacial score (nSPS) is 16.9. The molecule has 12 heteroatoms. The van der Waals surface area contributed by atoms with Crippen LogP contribution in [0.4, 0.5) is 24.8 Å². The van der Waals surface area contributed by atoms with Crippen molar-refractivity contribution in [2.24, 2.45) is 0 Å². The molecule has 0 saturated carbocycles. The largest absolute Gasteiger partial charge is 0.495 e. The fraction of sp³-hybridized carbons (Fsp3) is 0.261. The second kappa shape index (κ2) is 8.53. The van der Waals surface area contributed by atoms with Gasteiger partial charge in [-0.2, -0.15) is 18.2 Å². The lowest BCUT2D eigenvalue weighted by molar-refractivity contribution is -0.145. The number of carbonyl (C=O) groups excluding carboxylic acids is 1. The van der Waals surface area contributed by atoms with Crippen molar-refractivity contribution in [3.05, 3.63) is 65.1 Å².